The lowest BCUT2D eigenvalue weighted by Crippen LogP contribution is -2.29. The van der Waals surface area contributed by atoms with Crippen molar-refractivity contribution in [2.45, 2.75) is 20.5 Å². The normalized spacial score (nSPS) is 11.9. The average Bonchev–Trinajstić information content (AvgIpc) is 2.66. The van der Waals surface area contributed by atoms with Gasteiger partial charge in [-0.1, -0.05) is 46.2 Å². The lowest BCUT2D eigenvalue weighted by atomic mass is 9.98. The number of amides is 1. The highest BCUT2D eigenvalue weighted by atomic mass is 127. The maximum absolute atomic E-state index is 12.2. The van der Waals surface area contributed by atoms with Crippen molar-refractivity contribution >= 4 is 51.5 Å². The first-order valence-corrected chi connectivity index (χ1v) is 9.88. The predicted octanol–water partition coefficient (Wildman–Crippen LogP) is 4.29. The molecule has 0 spiro atoms. The van der Waals surface area contributed by atoms with Crippen molar-refractivity contribution in [3.63, 3.8) is 0 Å². The largest absolute Gasteiger partial charge is 0.398 e. The van der Waals surface area contributed by atoms with Gasteiger partial charge in [0, 0.05) is 27.3 Å². The zero-order valence-electron chi connectivity index (χ0n) is 16.0. The highest BCUT2D eigenvalue weighted by Gasteiger charge is 2.19. The van der Waals surface area contributed by atoms with Crippen molar-refractivity contribution in [2.24, 2.45) is 10.3 Å². The number of carbonyl (C=O) groups excluding carboxylic acids is 1. The van der Waals surface area contributed by atoms with Crippen LogP contribution in [0.5, 0.6) is 0 Å². The van der Waals surface area contributed by atoms with Gasteiger partial charge in [0.05, 0.1) is 10.7 Å². The summed E-state index contributed by atoms with van der Waals surface area (Å²) in [6.45, 7) is 3.93. The third kappa shape index (κ3) is 5.45. The van der Waals surface area contributed by atoms with Gasteiger partial charge in [0.25, 0.3) is 5.91 Å². The van der Waals surface area contributed by atoms with Crippen molar-refractivity contribution in [3.05, 3.63) is 67.2 Å². The molecule has 28 heavy (non-hydrogen) atoms. The Kier molecular flexibility index (Phi) is 8.25. The van der Waals surface area contributed by atoms with E-state index in [1.54, 1.807) is 6.07 Å². The highest BCUT2D eigenvalue weighted by molar-refractivity contribution is 14.1. The Bertz CT molecular complexity index is 929. The van der Waals surface area contributed by atoms with Gasteiger partial charge in [-0.2, -0.15) is 0 Å². The third-order valence-corrected chi connectivity index (χ3v) is 5.01. The molecule has 1 amide bonds. The van der Waals surface area contributed by atoms with Crippen LogP contribution in [-0.4, -0.2) is 31.5 Å². The lowest BCUT2D eigenvalue weighted by molar-refractivity contribution is -0.114. The number of likely N-dealkylation sites (N-methyl/N-ethyl adjacent to an activating group) is 1. The van der Waals surface area contributed by atoms with Crippen molar-refractivity contribution in [1.29, 1.82) is 0 Å². The molecule has 0 heterocycles. The molecule has 148 valence electrons. The van der Waals surface area contributed by atoms with E-state index in [0.717, 1.165) is 20.3 Å². The van der Waals surface area contributed by atoms with Gasteiger partial charge in [0.1, 0.15) is 13.7 Å². The minimum atomic E-state index is -0.348. The molecule has 0 aromatic heterocycles. The number of benzene rings is 2. The molecule has 0 unspecified atom stereocenters. The minimum absolute atomic E-state index is 0.168. The van der Waals surface area contributed by atoms with Gasteiger partial charge >= 0.3 is 0 Å². The van der Waals surface area contributed by atoms with Crippen LogP contribution in [0, 0.1) is 10.5 Å². The summed E-state index contributed by atoms with van der Waals surface area (Å²) in [5.41, 5.74) is 4.01. The SMILES string of the molecule is CNC(=O)/C(=N/OC)c1cccc(C)c1CO/N=C(\C)c1ccc(I)cc1Cl. The summed E-state index contributed by atoms with van der Waals surface area (Å²) < 4.78 is 1.05. The Labute approximate surface area is 183 Å². The number of hydrogen-bond donors (Lipinski definition) is 1. The molecule has 2 aromatic rings. The number of nitrogens with one attached hydrogen (secondary N) is 1. The molecule has 0 atom stereocenters. The van der Waals surface area contributed by atoms with Crippen LogP contribution in [0.2, 0.25) is 5.02 Å². The van der Waals surface area contributed by atoms with E-state index in [1.165, 1.54) is 14.2 Å². The first-order chi connectivity index (χ1) is 13.4. The van der Waals surface area contributed by atoms with Gasteiger partial charge < -0.3 is 15.0 Å². The number of oxime groups is 2. The molecule has 0 bridgehead atoms. The second-order valence-corrected chi connectivity index (χ2v) is 7.53. The smallest absolute Gasteiger partial charge is 0.273 e. The maximum atomic E-state index is 12.2. The first kappa shape index (κ1) is 22.2. The van der Waals surface area contributed by atoms with Crippen LogP contribution in [0.15, 0.2) is 46.7 Å². The Morgan fingerprint density at radius 3 is 2.61 bits per heavy atom. The lowest BCUT2D eigenvalue weighted by Gasteiger charge is -2.13. The number of hydrogen-bond acceptors (Lipinski definition) is 5. The molecule has 0 radical (unpaired) electrons. The summed E-state index contributed by atoms with van der Waals surface area (Å²) in [5.74, 6) is -0.348. The summed E-state index contributed by atoms with van der Waals surface area (Å²) in [5, 5.41) is 11.2. The van der Waals surface area contributed by atoms with Crippen molar-refractivity contribution in [1.82, 2.24) is 5.32 Å². The molecule has 0 saturated carbocycles. The van der Waals surface area contributed by atoms with Crippen LogP contribution in [0.1, 0.15) is 29.2 Å². The third-order valence-electron chi connectivity index (χ3n) is 4.02. The summed E-state index contributed by atoms with van der Waals surface area (Å²) >= 11 is 8.48. The van der Waals surface area contributed by atoms with E-state index in [4.69, 9.17) is 21.3 Å². The molecular formula is C20H21ClIN3O3. The summed E-state index contributed by atoms with van der Waals surface area (Å²) in [6.07, 6.45) is 0. The fraction of sp³-hybridized carbons (Fsp3) is 0.250. The van der Waals surface area contributed by atoms with E-state index in [9.17, 15) is 4.79 Å². The average molecular weight is 514 g/mol. The second-order valence-electron chi connectivity index (χ2n) is 5.88. The molecule has 0 aliphatic rings. The van der Waals surface area contributed by atoms with E-state index in [0.29, 0.717) is 16.3 Å². The molecule has 8 heteroatoms. The topological polar surface area (TPSA) is 72.3 Å². The van der Waals surface area contributed by atoms with Gasteiger partial charge in [-0.15, -0.1) is 0 Å². The molecule has 1 N–H and O–H groups in total. The van der Waals surface area contributed by atoms with Gasteiger partial charge in [-0.05, 0) is 54.1 Å². The molecule has 6 nitrogen and oxygen atoms in total. The Balaban J connectivity index is 2.29. The first-order valence-electron chi connectivity index (χ1n) is 8.43. The summed E-state index contributed by atoms with van der Waals surface area (Å²) in [4.78, 5) is 22.6. The number of halogens is 2. The van der Waals surface area contributed by atoms with Gasteiger partial charge in [0.15, 0.2) is 5.71 Å². The molecule has 2 aromatic carbocycles. The van der Waals surface area contributed by atoms with E-state index < -0.39 is 0 Å². The van der Waals surface area contributed by atoms with E-state index in [-0.39, 0.29) is 18.2 Å². The molecule has 2 rings (SSSR count). The highest BCUT2D eigenvalue weighted by Crippen LogP contribution is 2.21. The van der Waals surface area contributed by atoms with Gasteiger partial charge in [0.2, 0.25) is 0 Å². The van der Waals surface area contributed by atoms with Crippen molar-refractivity contribution < 1.29 is 14.5 Å². The standard InChI is InChI=1S/C20H21ClIN3O3/c1-12-6-5-7-16(19(25-27-4)20(26)23-3)17(12)11-28-24-13(2)15-9-8-14(22)10-18(15)21/h5-10H,11H2,1-4H3,(H,23,26)/b24-13+,25-19+. The van der Waals surface area contributed by atoms with Crippen LogP contribution in [0.3, 0.4) is 0 Å². The number of rotatable bonds is 7. The van der Waals surface area contributed by atoms with E-state index in [1.807, 2.05) is 44.2 Å². The van der Waals surface area contributed by atoms with Crippen LogP contribution >= 0.6 is 34.2 Å². The fourth-order valence-corrected chi connectivity index (χ4v) is 3.56. The quantitative estimate of drug-likeness (QED) is 0.341. The Hall–Kier alpha value is -2.13. The van der Waals surface area contributed by atoms with Crippen LogP contribution in [-0.2, 0) is 21.1 Å². The van der Waals surface area contributed by atoms with Crippen LogP contribution < -0.4 is 5.32 Å². The second kappa shape index (κ2) is 10.4. The summed E-state index contributed by atoms with van der Waals surface area (Å²) in [7, 11) is 2.94. The predicted molar refractivity (Wildman–Crippen MR) is 120 cm³/mol. The fourth-order valence-electron chi connectivity index (χ4n) is 2.56. The molecular weight excluding hydrogens is 493 g/mol. The Morgan fingerprint density at radius 2 is 1.96 bits per heavy atom. The van der Waals surface area contributed by atoms with Crippen LogP contribution in [0.25, 0.3) is 0 Å². The van der Waals surface area contributed by atoms with Gasteiger partial charge in [-0.25, -0.2) is 0 Å². The maximum Gasteiger partial charge on any atom is 0.273 e. The van der Waals surface area contributed by atoms with Gasteiger partial charge in [-0.3, -0.25) is 4.79 Å². The van der Waals surface area contributed by atoms with E-state index in [2.05, 4.69) is 38.2 Å². The summed E-state index contributed by atoms with van der Waals surface area (Å²) in [6, 6.07) is 11.3. The number of nitrogens with zero attached hydrogens (tertiary/aromatic N) is 2. The number of aryl methyl sites for hydroxylation is 1. The van der Waals surface area contributed by atoms with Crippen LogP contribution in [0.4, 0.5) is 0 Å². The minimum Gasteiger partial charge on any atom is -0.398 e. The molecule has 0 saturated heterocycles. The van der Waals surface area contributed by atoms with Crippen molar-refractivity contribution in [3.8, 4) is 0 Å². The molecule has 0 aliphatic heterocycles. The molecule has 0 aliphatic carbocycles. The monoisotopic (exact) mass is 513 g/mol. The number of carbonyl (C=O) groups is 1. The zero-order valence-corrected chi connectivity index (χ0v) is 19.0. The zero-order chi connectivity index (χ0) is 20.7. The van der Waals surface area contributed by atoms with E-state index >= 15 is 0 Å². The van der Waals surface area contributed by atoms with Crippen molar-refractivity contribution in [2.75, 3.05) is 14.2 Å². The molecule has 0 fully saturated rings. The Morgan fingerprint density at radius 1 is 1.21 bits per heavy atom.